The van der Waals surface area contributed by atoms with E-state index in [4.69, 9.17) is 13.6 Å². The number of aliphatic carboxylic acids is 1. The van der Waals surface area contributed by atoms with E-state index in [1.807, 2.05) is 0 Å². The van der Waals surface area contributed by atoms with Crippen LogP contribution in [0.4, 0.5) is 0 Å². The third kappa shape index (κ3) is 2.36. The van der Waals surface area contributed by atoms with E-state index >= 15 is 0 Å². The number of hydrogen-bond acceptors (Lipinski definition) is 2. The summed E-state index contributed by atoms with van der Waals surface area (Å²) in [6.07, 6.45) is -1.29. The summed E-state index contributed by atoms with van der Waals surface area (Å²) in [6, 6.07) is 5.96. The van der Waals surface area contributed by atoms with Gasteiger partial charge in [-0.05, 0) is 12.0 Å². The Kier molecular flexibility index (Phi) is 2.00. The van der Waals surface area contributed by atoms with Crippen LogP contribution in [-0.4, -0.2) is 17.1 Å². The Balaban J connectivity index is 2.96. The first-order chi connectivity index (χ1) is 6.46. The van der Waals surface area contributed by atoms with Gasteiger partial charge in [-0.2, -0.15) is 0 Å². The lowest BCUT2D eigenvalue weighted by molar-refractivity contribution is -0.138. The van der Waals surface area contributed by atoms with Crippen molar-refractivity contribution in [2.45, 2.75) is 12.4 Å². The molecular weight excluding hydrogens is 154 g/mol. The zero-order valence-electron chi connectivity index (χ0n) is 8.40. The lowest BCUT2D eigenvalue weighted by atomic mass is 10.1. The summed E-state index contributed by atoms with van der Waals surface area (Å²) in [7, 11) is 0. The van der Waals surface area contributed by atoms with Crippen molar-refractivity contribution in [1.82, 2.24) is 0 Å². The Morgan fingerprint density at radius 1 is 1.67 bits per heavy atom. The van der Waals surface area contributed by atoms with E-state index in [0.717, 1.165) is 0 Å². The van der Waals surface area contributed by atoms with E-state index < -0.39 is 18.4 Å². The Bertz CT molecular complexity index is 327. The summed E-state index contributed by atoms with van der Waals surface area (Å²) in [6.45, 7) is 0. The van der Waals surface area contributed by atoms with Gasteiger partial charge in [0.2, 0.25) is 0 Å². The van der Waals surface area contributed by atoms with Crippen LogP contribution in [0.1, 0.15) is 8.30 Å². The molecule has 2 atom stereocenters. The van der Waals surface area contributed by atoms with Gasteiger partial charge in [-0.3, -0.25) is 4.79 Å². The molecule has 0 fully saturated rings. The van der Waals surface area contributed by atoms with E-state index in [2.05, 4.69) is 0 Å². The number of benzene rings is 1. The zero-order chi connectivity index (χ0) is 10.8. The molecule has 0 saturated heterocycles. The van der Waals surface area contributed by atoms with Gasteiger partial charge in [-0.15, -0.1) is 0 Å². The third-order valence-electron chi connectivity index (χ3n) is 1.37. The molecule has 1 aromatic rings. The van der Waals surface area contributed by atoms with Crippen LogP contribution in [0.15, 0.2) is 30.3 Å². The topological polar surface area (TPSA) is 63.3 Å². The number of carbonyl (C=O) groups is 1. The van der Waals surface area contributed by atoms with Crippen LogP contribution >= 0.6 is 0 Å². The Morgan fingerprint density at radius 2 is 2.25 bits per heavy atom. The van der Waals surface area contributed by atoms with Gasteiger partial charge in [0, 0.05) is 1.37 Å². The minimum atomic E-state index is -2.30. The second-order valence-corrected chi connectivity index (χ2v) is 2.32. The Hall–Kier alpha value is -1.35. The average Bonchev–Trinajstić information content (AvgIpc) is 2.17. The standard InChI is InChI=1S/C9H11NO2/c10-8(9(11)12)6-7-4-2-1-3-5-7/h1-5,8H,6,10H2,(H,11,12)/t8-/m1/s1/i6D,8D/t6-,8-. The number of rotatable bonds is 3. The van der Waals surface area contributed by atoms with Gasteiger partial charge in [0.25, 0.3) is 0 Å². The maximum atomic E-state index is 10.6. The summed E-state index contributed by atoms with van der Waals surface area (Å²) >= 11 is 0. The molecule has 1 aromatic carbocycles. The quantitative estimate of drug-likeness (QED) is 0.694. The molecule has 0 aromatic heterocycles. The number of hydrogen-bond donors (Lipinski definition) is 2. The van der Waals surface area contributed by atoms with Gasteiger partial charge >= 0.3 is 5.97 Å². The van der Waals surface area contributed by atoms with Crippen LogP contribution in [0.2, 0.25) is 0 Å². The predicted octanol–water partition coefficient (Wildman–Crippen LogP) is 0.641. The lowest BCUT2D eigenvalue weighted by Gasteiger charge is -2.04. The smallest absolute Gasteiger partial charge is 0.320 e. The molecule has 0 aliphatic heterocycles. The summed E-state index contributed by atoms with van der Waals surface area (Å²) < 4.78 is 14.9. The van der Waals surface area contributed by atoms with Gasteiger partial charge in [0.1, 0.15) is 6.02 Å². The molecule has 0 bridgehead atoms. The molecule has 12 heavy (non-hydrogen) atoms. The highest BCUT2D eigenvalue weighted by Crippen LogP contribution is 2.01. The molecule has 0 heterocycles. The SMILES string of the molecule is [2H][C@H](c1ccccc1)[C@@]([2H])(N)C(=O)O. The molecule has 0 spiro atoms. The molecule has 0 saturated carbocycles. The average molecular weight is 167 g/mol. The normalized spacial score (nSPS) is 20.1. The van der Waals surface area contributed by atoms with E-state index in [-0.39, 0.29) is 0 Å². The van der Waals surface area contributed by atoms with Crippen molar-refractivity contribution in [3.8, 4) is 0 Å². The fourth-order valence-corrected chi connectivity index (χ4v) is 0.791. The van der Waals surface area contributed by atoms with Gasteiger partial charge in [0.05, 0.1) is 1.37 Å². The van der Waals surface area contributed by atoms with Crippen molar-refractivity contribution in [3.05, 3.63) is 35.9 Å². The minimum absolute atomic E-state index is 0.424. The van der Waals surface area contributed by atoms with Crippen LogP contribution in [0.25, 0.3) is 0 Å². The van der Waals surface area contributed by atoms with Crippen molar-refractivity contribution in [2.75, 3.05) is 0 Å². The first-order valence-corrected chi connectivity index (χ1v) is 3.45. The monoisotopic (exact) mass is 167 g/mol. The number of nitrogens with two attached hydrogens (primary N) is 1. The molecule has 0 amide bonds. The number of carboxylic acids is 1. The molecule has 3 heteroatoms. The van der Waals surface area contributed by atoms with Gasteiger partial charge < -0.3 is 10.8 Å². The van der Waals surface area contributed by atoms with Crippen molar-refractivity contribution in [1.29, 1.82) is 0 Å². The van der Waals surface area contributed by atoms with Crippen molar-refractivity contribution in [3.63, 3.8) is 0 Å². The van der Waals surface area contributed by atoms with E-state index in [0.29, 0.717) is 5.56 Å². The van der Waals surface area contributed by atoms with E-state index in [1.165, 1.54) is 0 Å². The molecule has 1 rings (SSSR count). The minimum Gasteiger partial charge on any atom is -0.480 e. The maximum absolute atomic E-state index is 10.6. The van der Waals surface area contributed by atoms with E-state index in [1.54, 1.807) is 30.3 Å². The summed E-state index contributed by atoms with van der Waals surface area (Å²) in [4.78, 5) is 10.6. The van der Waals surface area contributed by atoms with Crippen LogP contribution in [-0.2, 0) is 11.2 Å². The second-order valence-electron chi connectivity index (χ2n) is 2.32. The highest BCUT2D eigenvalue weighted by molar-refractivity contribution is 5.73. The molecule has 0 aliphatic rings. The third-order valence-corrected chi connectivity index (χ3v) is 1.37. The fraction of sp³-hybridized carbons (Fsp3) is 0.222. The van der Waals surface area contributed by atoms with Gasteiger partial charge in [-0.25, -0.2) is 0 Å². The van der Waals surface area contributed by atoms with Crippen LogP contribution in [0.3, 0.4) is 0 Å². The van der Waals surface area contributed by atoms with Crippen LogP contribution < -0.4 is 5.73 Å². The lowest BCUT2D eigenvalue weighted by Crippen LogP contribution is -2.32. The molecule has 0 unspecified atom stereocenters. The summed E-state index contributed by atoms with van der Waals surface area (Å²) in [5.41, 5.74) is 5.64. The first-order valence-electron chi connectivity index (χ1n) is 4.53. The second kappa shape index (κ2) is 3.88. The maximum Gasteiger partial charge on any atom is 0.320 e. The molecular formula is C9H11NO2. The highest BCUT2D eigenvalue weighted by Gasteiger charge is 2.10. The Morgan fingerprint density at radius 3 is 2.75 bits per heavy atom. The van der Waals surface area contributed by atoms with Crippen LogP contribution in [0, 0.1) is 0 Å². The van der Waals surface area contributed by atoms with Gasteiger partial charge in [-0.1, -0.05) is 30.3 Å². The summed E-state index contributed by atoms with van der Waals surface area (Å²) in [5, 5.41) is 8.64. The first kappa shape index (κ1) is 6.20. The Labute approximate surface area is 73.6 Å². The van der Waals surface area contributed by atoms with Crippen molar-refractivity contribution in [2.24, 2.45) is 5.73 Å². The predicted molar refractivity (Wildman–Crippen MR) is 45.8 cm³/mol. The van der Waals surface area contributed by atoms with Gasteiger partial charge in [0.15, 0.2) is 0 Å². The molecule has 0 radical (unpaired) electrons. The van der Waals surface area contributed by atoms with Crippen LogP contribution in [0.5, 0.6) is 0 Å². The van der Waals surface area contributed by atoms with E-state index in [9.17, 15) is 4.79 Å². The zero-order valence-corrected chi connectivity index (χ0v) is 6.40. The molecule has 3 nitrogen and oxygen atoms in total. The van der Waals surface area contributed by atoms with Crippen molar-refractivity contribution < 1.29 is 12.6 Å². The number of carboxylic acid groups (broad SMARTS) is 1. The fourth-order valence-electron chi connectivity index (χ4n) is 0.791. The largest absolute Gasteiger partial charge is 0.480 e. The van der Waals surface area contributed by atoms with Crippen molar-refractivity contribution >= 4 is 5.97 Å². The highest BCUT2D eigenvalue weighted by atomic mass is 16.4. The molecule has 64 valence electrons. The molecule has 0 aliphatic carbocycles. The molecule has 3 N–H and O–H groups in total. The summed E-state index contributed by atoms with van der Waals surface area (Å²) in [5.74, 6) is -1.50.